The van der Waals surface area contributed by atoms with Gasteiger partial charge in [0.15, 0.2) is 0 Å². The molecule has 5 rings (SSSR count). The first-order valence-electron chi connectivity index (χ1n) is 12.4. The van der Waals surface area contributed by atoms with Crippen molar-refractivity contribution in [2.75, 3.05) is 31.1 Å². The van der Waals surface area contributed by atoms with E-state index in [4.69, 9.17) is 11.6 Å². The van der Waals surface area contributed by atoms with Crippen molar-refractivity contribution in [3.05, 3.63) is 88.5 Å². The first-order chi connectivity index (χ1) is 17.0. The van der Waals surface area contributed by atoms with Crippen molar-refractivity contribution in [2.24, 2.45) is 5.92 Å². The van der Waals surface area contributed by atoms with Gasteiger partial charge in [0.1, 0.15) is 11.3 Å². The molecule has 35 heavy (non-hydrogen) atoms. The Morgan fingerprint density at radius 1 is 1.11 bits per heavy atom. The zero-order valence-electron chi connectivity index (χ0n) is 20.4. The smallest absolute Gasteiger partial charge is 0.270 e. The molecule has 1 saturated heterocycles. The number of piperazine rings is 1. The second-order valence-electron chi connectivity index (χ2n) is 9.36. The molecule has 3 aromatic rings. The lowest BCUT2D eigenvalue weighted by molar-refractivity contribution is 0.0944. The Labute approximate surface area is 211 Å². The number of amides is 1. The number of benzene rings is 1. The van der Waals surface area contributed by atoms with Gasteiger partial charge in [-0.2, -0.15) is 0 Å². The van der Waals surface area contributed by atoms with E-state index in [0.717, 1.165) is 43.9 Å². The van der Waals surface area contributed by atoms with Crippen LogP contribution in [0, 0.1) is 5.92 Å². The second-order valence-corrected chi connectivity index (χ2v) is 9.79. The Morgan fingerprint density at radius 3 is 2.54 bits per heavy atom. The second kappa shape index (κ2) is 10.2. The van der Waals surface area contributed by atoms with E-state index in [1.165, 1.54) is 11.4 Å². The highest BCUT2D eigenvalue weighted by Gasteiger charge is 2.20. The van der Waals surface area contributed by atoms with Crippen molar-refractivity contribution in [1.29, 1.82) is 0 Å². The average Bonchev–Trinajstić information content (AvgIpc) is 3.26. The van der Waals surface area contributed by atoms with Crippen LogP contribution in [-0.4, -0.2) is 46.4 Å². The van der Waals surface area contributed by atoms with E-state index < -0.39 is 0 Å². The predicted molar refractivity (Wildman–Crippen MR) is 142 cm³/mol. The molecular formula is C28H32ClN5O. The maximum absolute atomic E-state index is 13.0. The maximum Gasteiger partial charge on any atom is 0.270 e. The summed E-state index contributed by atoms with van der Waals surface area (Å²) in [5.74, 6) is 0.521. The molecule has 1 aromatic carbocycles. The zero-order chi connectivity index (χ0) is 24.4. The van der Waals surface area contributed by atoms with E-state index in [9.17, 15) is 4.79 Å². The number of hydrogen-bond acceptors (Lipinski definition) is 4. The highest BCUT2D eigenvalue weighted by Crippen LogP contribution is 2.23. The van der Waals surface area contributed by atoms with E-state index in [-0.39, 0.29) is 5.91 Å². The molecule has 6 nitrogen and oxygen atoms in total. The summed E-state index contributed by atoms with van der Waals surface area (Å²) in [7, 11) is 0. The number of anilines is 1. The highest BCUT2D eigenvalue weighted by atomic mass is 35.5. The number of imidazole rings is 1. The number of rotatable bonds is 6. The molecule has 0 spiro atoms. The average molecular weight is 490 g/mol. The van der Waals surface area contributed by atoms with Crippen LogP contribution in [-0.2, 0) is 13.0 Å². The van der Waals surface area contributed by atoms with Crippen LogP contribution < -0.4 is 10.2 Å². The van der Waals surface area contributed by atoms with Gasteiger partial charge in [-0.25, -0.2) is 4.98 Å². The van der Waals surface area contributed by atoms with Crippen LogP contribution in [0.1, 0.15) is 42.0 Å². The van der Waals surface area contributed by atoms with Crippen molar-refractivity contribution in [1.82, 2.24) is 19.6 Å². The summed E-state index contributed by atoms with van der Waals surface area (Å²) in [6, 6.07) is 12.1. The van der Waals surface area contributed by atoms with Crippen molar-refractivity contribution in [3.63, 3.8) is 0 Å². The predicted octanol–water partition coefficient (Wildman–Crippen LogP) is 5.08. The number of allylic oxidation sites excluding steroid dienone is 3. The van der Waals surface area contributed by atoms with Crippen LogP contribution >= 0.6 is 11.6 Å². The normalized spacial score (nSPS) is 18.1. The minimum Gasteiger partial charge on any atom is -0.368 e. The number of halogens is 1. The molecule has 1 unspecified atom stereocenters. The molecule has 1 amide bonds. The number of aromatic nitrogens is 2. The standard InChI is InChI=1S/C28H32ClN5O/c1-3-25-27(34-13-12-22(29)18-26(34)31-25)28(35)30-19-21-6-10-24(11-7-21)33-16-14-32(15-17-33)23-8-4-20(2)5-9-23/h4,6-13,18,20H,3,5,14-17,19H2,1-2H3,(H,30,35). The van der Waals surface area contributed by atoms with Crippen LogP contribution in [0.3, 0.4) is 0 Å². The number of aryl methyl sites for hydroxylation is 1. The number of pyridine rings is 1. The lowest BCUT2D eigenvalue weighted by atomic mass is 10.0. The summed E-state index contributed by atoms with van der Waals surface area (Å²) in [5, 5.41) is 3.67. The highest BCUT2D eigenvalue weighted by molar-refractivity contribution is 6.30. The largest absolute Gasteiger partial charge is 0.368 e. The van der Waals surface area contributed by atoms with Crippen LogP contribution in [0.25, 0.3) is 5.65 Å². The van der Waals surface area contributed by atoms with Crippen molar-refractivity contribution < 1.29 is 4.79 Å². The molecule has 1 fully saturated rings. The summed E-state index contributed by atoms with van der Waals surface area (Å²) in [6.45, 7) is 8.82. The molecule has 1 atom stereocenters. The molecule has 7 heteroatoms. The summed E-state index contributed by atoms with van der Waals surface area (Å²) in [4.78, 5) is 22.5. The van der Waals surface area contributed by atoms with Crippen molar-refractivity contribution in [2.45, 2.75) is 33.2 Å². The topological polar surface area (TPSA) is 52.9 Å². The van der Waals surface area contributed by atoms with Crippen LogP contribution in [0.2, 0.25) is 5.02 Å². The van der Waals surface area contributed by atoms with Crippen LogP contribution in [0.5, 0.6) is 0 Å². The van der Waals surface area contributed by atoms with Gasteiger partial charge in [-0.15, -0.1) is 0 Å². The molecule has 0 bridgehead atoms. The Kier molecular flexibility index (Phi) is 6.82. The fourth-order valence-corrected chi connectivity index (χ4v) is 4.97. The number of carbonyl (C=O) groups is 1. The molecule has 1 aliphatic carbocycles. The van der Waals surface area contributed by atoms with E-state index >= 15 is 0 Å². The molecule has 0 saturated carbocycles. The quantitative estimate of drug-likeness (QED) is 0.524. The third kappa shape index (κ3) is 5.08. The van der Waals surface area contributed by atoms with E-state index in [1.807, 2.05) is 11.3 Å². The van der Waals surface area contributed by atoms with Crippen molar-refractivity contribution >= 4 is 28.8 Å². The third-order valence-electron chi connectivity index (χ3n) is 6.90. The number of carbonyl (C=O) groups excluding carboxylic acids is 1. The first kappa shape index (κ1) is 23.5. The van der Waals surface area contributed by atoms with Gasteiger partial charge in [-0.1, -0.05) is 49.7 Å². The van der Waals surface area contributed by atoms with Gasteiger partial charge >= 0.3 is 0 Å². The number of nitrogens with one attached hydrogen (secondary N) is 1. The minimum atomic E-state index is -0.127. The molecule has 0 radical (unpaired) electrons. The fraction of sp³-hybridized carbons (Fsp3) is 0.357. The maximum atomic E-state index is 13.0. The summed E-state index contributed by atoms with van der Waals surface area (Å²) in [6.07, 6.45) is 10.6. The summed E-state index contributed by atoms with van der Waals surface area (Å²) in [5.41, 5.74) is 5.71. The Hall–Kier alpha value is -3.25. The van der Waals surface area contributed by atoms with Gasteiger partial charge < -0.3 is 15.1 Å². The molecule has 182 valence electrons. The van der Waals surface area contributed by atoms with Gasteiger partial charge in [-0.05, 0) is 48.6 Å². The van der Waals surface area contributed by atoms with Gasteiger partial charge in [0, 0.05) is 61.4 Å². The van der Waals surface area contributed by atoms with E-state index in [1.54, 1.807) is 18.3 Å². The van der Waals surface area contributed by atoms with E-state index in [2.05, 4.69) is 69.5 Å². The van der Waals surface area contributed by atoms with Gasteiger partial charge in [0.05, 0.1) is 5.69 Å². The molecule has 2 aliphatic rings. The number of fused-ring (bicyclic) bond motifs is 1. The summed E-state index contributed by atoms with van der Waals surface area (Å²) < 4.78 is 1.81. The Bertz CT molecular complexity index is 1270. The number of hydrogen-bond donors (Lipinski definition) is 1. The SMILES string of the molecule is CCc1nc2cc(Cl)ccn2c1C(=O)NCc1ccc(N2CCN(C3=CCC(C)C=C3)CC2)cc1. The molecule has 3 heterocycles. The minimum absolute atomic E-state index is 0.127. The molecule has 1 N–H and O–H groups in total. The lowest BCUT2D eigenvalue weighted by Crippen LogP contribution is -2.45. The van der Waals surface area contributed by atoms with Crippen molar-refractivity contribution in [3.8, 4) is 0 Å². The summed E-state index contributed by atoms with van der Waals surface area (Å²) >= 11 is 6.10. The Balaban J connectivity index is 1.18. The zero-order valence-corrected chi connectivity index (χ0v) is 21.1. The van der Waals surface area contributed by atoms with Gasteiger partial charge in [0.25, 0.3) is 5.91 Å². The lowest BCUT2D eigenvalue weighted by Gasteiger charge is -2.38. The van der Waals surface area contributed by atoms with Crippen LogP contribution in [0.15, 0.2) is 66.5 Å². The third-order valence-corrected chi connectivity index (χ3v) is 7.14. The van der Waals surface area contributed by atoms with Gasteiger partial charge in [0.2, 0.25) is 0 Å². The molecular weight excluding hydrogens is 458 g/mol. The van der Waals surface area contributed by atoms with Crippen LogP contribution in [0.4, 0.5) is 5.69 Å². The molecule has 1 aliphatic heterocycles. The fourth-order valence-electron chi connectivity index (χ4n) is 4.82. The first-order valence-corrected chi connectivity index (χ1v) is 12.8. The monoisotopic (exact) mass is 489 g/mol. The van der Waals surface area contributed by atoms with E-state index in [0.29, 0.717) is 35.2 Å². The van der Waals surface area contributed by atoms with Gasteiger partial charge in [-0.3, -0.25) is 9.20 Å². The Morgan fingerprint density at radius 2 is 1.86 bits per heavy atom. The number of nitrogens with zero attached hydrogens (tertiary/aromatic N) is 4. The molecule has 2 aromatic heterocycles.